The Bertz CT molecular complexity index is 935. The van der Waals surface area contributed by atoms with Gasteiger partial charge in [-0.2, -0.15) is 0 Å². The van der Waals surface area contributed by atoms with Crippen LogP contribution in [0.1, 0.15) is 52.5 Å². The molecule has 3 rings (SSSR count). The molecule has 0 aromatic heterocycles. The van der Waals surface area contributed by atoms with Crippen LogP contribution in [0.15, 0.2) is 12.1 Å². The van der Waals surface area contributed by atoms with Crippen LogP contribution >= 0.6 is 0 Å². The van der Waals surface area contributed by atoms with Crippen molar-refractivity contribution in [3.8, 4) is 0 Å². The van der Waals surface area contributed by atoms with E-state index in [-0.39, 0.29) is 56.1 Å². The summed E-state index contributed by atoms with van der Waals surface area (Å²) in [5.41, 5.74) is -0.533. The first kappa shape index (κ1) is 26.5. The van der Waals surface area contributed by atoms with Crippen LogP contribution in [0.5, 0.6) is 0 Å². The summed E-state index contributed by atoms with van der Waals surface area (Å²) < 4.78 is 40.4. The monoisotopic (exact) mass is 496 g/mol. The van der Waals surface area contributed by atoms with E-state index in [9.17, 15) is 14.4 Å². The van der Waals surface area contributed by atoms with Gasteiger partial charge in [0.25, 0.3) is 0 Å². The molecule has 2 aliphatic rings. The number of piperazine rings is 1. The van der Waals surface area contributed by atoms with Gasteiger partial charge in [-0.25, -0.2) is 18.4 Å². The number of likely N-dealkylation sites (tertiary alicyclic amines) is 1. The Morgan fingerprint density at radius 1 is 1.09 bits per heavy atom. The lowest BCUT2D eigenvalue weighted by molar-refractivity contribution is -0.129. The van der Waals surface area contributed by atoms with E-state index in [0.717, 1.165) is 0 Å². The van der Waals surface area contributed by atoms with Crippen LogP contribution in [0.2, 0.25) is 0 Å². The Balaban J connectivity index is 1.62. The van der Waals surface area contributed by atoms with Gasteiger partial charge in [0.1, 0.15) is 22.9 Å². The average Bonchev–Trinajstić information content (AvgIpc) is 3.11. The summed E-state index contributed by atoms with van der Waals surface area (Å²) in [6, 6.07) is 2.40. The number of carbonyl (C=O) groups is 3. The van der Waals surface area contributed by atoms with E-state index in [0.29, 0.717) is 13.0 Å². The summed E-state index contributed by atoms with van der Waals surface area (Å²) in [6.07, 6.45) is -0.997. The topological polar surface area (TPSA) is 91.4 Å². The van der Waals surface area contributed by atoms with Crippen molar-refractivity contribution in [3.05, 3.63) is 29.3 Å². The molecule has 1 N–H and O–H groups in total. The van der Waals surface area contributed by atoms with Crippen LogP contribution in [-0.4, -0.2) is 79.0 Å². The average molecular weight is 497 g/mol. The fraction of sp³-hybridized carbons (Fsp3) is 0.625. The maximum atomic E-state index is 15.0. The van der Waals surface area contributed by atoms with E-state index in [4.69, 9.17) is 9.47 Å². The molecular formula is C24H34F2N4O5. The first-order valence-corrected chi connectivity index (χ1v) is 11.8. The van der Waals surface area contributed by atoms with Crippen molar-refractivity contribution >= 4 is 23.8 Å². The Labute approximate surface area is 204 Å². The molecule has 1 atom stereocenters. The Morgan fingerprint density at radius 2 is 1.69 bits per heavy atom. The molecule has 0 unspecified atom stereocenters. The van der Waals surface area contributed by atoms with Crippen LogP contribution in [0.4, 0.5) is 24.1 Å². The van der Waals surface area contributed by atoms with Gasteiger partial charge in [0.15, 0.2) is 0 Å². The Morgan fingerprint density at radius 3 is 2.23 bits per heavy atom. The van der Waals surface area contributed by atoms with E-state index in [1.54, 1.807) is 39.5 Å². The largest absolute Gasteiger partial charge is 0.447 e. The maximum absolute atomic E-state index is 15.0. The SMILES string of the molecule is CC(C)OC(=O)NCN1CC[C@@H](c2cc(F)c(N3CCN(C(=O)OC(C)(C)C)CC3)c(F)c2)C1=O. The molecule has 3 amide bonds. The second-order valence-electron chi connectivity index (χ2n) is 10.0. The molecule has 194 valence electrons. The highest BCUT2D eigenvalue weighted by atomic mass is 19.1. The number of anilines is 1. The fourth-order valence-corrected chi connectivity index (χ4v) is 4.15. The van der Waals surface area contributed by atoms with Crippen LogP contribution in [0.3, 0.4) is 0 Å². The third-order valence-corrected chi connectivity index (χ3v) is 5.74. The van der Waals surface area contributed by atoms with Crippen LogP contribution in [0, 0.1) is 11.6 Å². The number of halogens is 2. The van der Waals surface area contributed by atoms with Crippen LogP contribution in [-0.2, 0) is 14.3 Å². The molecular weight excluding hydrogens is 462 g/mol. The van der Waals surface area contributed by atoms with Gasteiger partial charge >= 0.3 is 12.2 Å². The molecule has 1 aromatic carbocycles. The summed E-state index contributed by atoms with van der Waals surface area (Å²) in [5.74, 6) is -2.52. The normalized spacial score (nSPS) is 18.8. The number of nitrogens with zero attached hydrogens (tertiary/aromatic N) is 3. The van der Waals surface area contributed by atoms with Gasteiger partial charge in [-0.15, -0.1) is 0 Å². The summed E-state index contributed by atoms with van der Waals surface area (Å²) in [7, 11) is 0. The molecule has 2 heterocycles. The molecule has 2 saturated heterocycles. The number of hydrogen-bond donors (Lipinski definition) is 1. The molecule has 2 fully saturated rings. The summed E-state index contributed by atoms with van der Waals surface area (Å²) in [4.78, 5) is 41.2. The first-order chi connectivity index (χ1) is 16.4. The summed E-state index contributed by atoms with van der Waals surface area (Å²) >= 11 is 0. The minimum Gasteiger partial charge on any atom is -0.447 e. The van der Waals surface area contributed by atoms with Gasteiger partial charge in [-0.1, -0.05) is 0 Å². The highest BCUT2D eigenvalue weighted by Gasteiger charge is 2.35. The van der Waals surface area contributed by atoms with E-state index in [2.05, 4.69) is 5.32 Å². The zero-order valence-electron chi connectivity index (χ0n) is 20.9. The van der Waals surface area contributed by atoms with E-state index >= 15 is 8.78 Å². The zero-order valence-corrected chi connectivity index (χ0v) is 20.9. The smallest absolute Gasteiger partial charge is 0.410 e. The number of amides is 3. The molecule has 0 saturated carbocycles. The van der Waals surface area contributed by atoms with Crippen molar-refractivity contribution in [2.45, 2.75) is 58.7 Å². The fourth-order valence-electron chi connectivity index (χ4n) is 4.15. The number of carbonyl (C=O) groups excluding carboxylic acids is 3. The number of rotatable bonds is 5. The van der Waals surface area contributed by atoms with E-state index in [1.807, 2.05) is 0 Å². The van der Waals surface area contributed by atoms with Gasteiger partial charge < -0.3 is 29.5 Å². The lowest BCUT2D eigenvalue weighted by atomic mass is 9.96. The number of nitrogens with one attached hydrogen (secondary N) is 1. The van der Waals surface area contributed by atoms with Crippen LogP contribution in [0.25, 0.3) is 0 Å². The summed E-state index contributed by atoms with van der Waals surface area (Å²) in [6.45, 7) is 10.1. The first-order valence-electron chi connectivity index (χ1n) is 11.8. The number of alkyl carbamates (subject to hydrolysis) is 1. The molecule has 0 spiro atoms. The molecule has 0 radical (unpaired) electrons. The van der Waals surface area contributed by atoms with Crippen LogP contribution < -0.4 is 10.2 Å². The predicted octanol–water partition coefficient (Wildman–Crippen LogP) is 3.43. The quantitative estimate of drug-likeness (QED) is 0.672. The number of ether oxygens (including phenoxy) is 2. The molecule has 2 aliphatic heterocycles. The molecule has 0 bridgehead atoms. The minimum atomic E-state index is -0.754. The Hall–Kier alpha value is -3.11. The second-order valence-corrected chi connectivity index (χ2v) is 10.0. The summed E-state index contributed by atoms with van der Waals surface area (Å²) in [5, 5.41) is 2.51. The van der Waals surface area contributed by atoms with Crippen molar-refractivity contribution in [1.82, 2.24) is 15.1 Å². The van der Waals surface area contributed by atoms with Crippen molar-refractivity contribution in [3.63, 3.8) is 0 Å². The third-order valence-electron chi connectivity index (χ3n) is 5.74. The minimum absolute atomic E-state index is 0.0359. The molecule has 35 heavy (non-hydrogen) atoms. The third kappa shape index (κ3) is 6.73. The molecule has 1 aromatic rings. The van der Waals surface area contributed by atoms with Crippen molar-refractivity contribution in [2.75, 3.05) is 44.3 Å². The highest BCUT2D eigenvalue weighted by Crippen LogP contribution is 2.33. The number of hydrogen-bond acceptors (Lipinski definition) is 6. The Kier molecular flexibility index (Phi) is 8.07. The van der Waals surface area contributed by atoms with Gasteiger partial charge in [0, 0.05) is 32.7 Å². The standard InChI is InChI=1S/C24H34F2N4O5/c1-15(2)34-22(32)27-14-30-7-6-17(21(30)31)16-12-18(25)20(19(26)13-16)28-8-10-29(11-9-28)23(33)35-24(3,4)5/h12-13,15,17H,6-11,14H2,1-5H3,(H,27,32)/t17-/m0/s1. The predicted molar refractivity (Wildman–Crippen MR) is 125 cm³/mol. The number of benzene rings is 1. The van der Waals surface area contributed by atoms with Gasteiger partial charge in [-0.05, 0) is 58.7 Å². The van der Waals surface area contributed by atoms with E-state index < -0.39 is 35.3 Å². The van der Waals surface area contributed by atoms with Crippen molar-refractivity contribution < 1.29 is 32.6 Å². The van der Waals surface area contributed by atoms with E-state index in [1.165, 1.54) is 21.9 Å². The zero-order chi connectivity index (χ0) is 25.9. The van der Waals surface area contributed by atoms with Gasteiger partial charge in [0.2, 0.25) is 5.91 Å². The van der Waals surface area contributed by atoms with Crippen molar-refractivity contribution in [2.24, 2.45) is 0 Å². The lowest BCUT2D eigenvalue weighted by Crippen LogP contribution is -2.50. The second kappa shape index (κ2) is 10.7. The van der Waals surface area contributed by atoms with Gasteiger partial charge in [-0.3, -0.25) is 4.79 Å². The molecule has 11 heteroatoms. The maximum Gasteiger partial charge on any atom is 0.410 e. The molecule has 9 nitrogen and oxygen atoms in total. The molecule has 0 aliphatic carbocycles. The lowest BCUT2D eigenvalue weighted by Gasteiger charge is -2.37. The van der Waals surface area contributed by atoms with Crippen molar-refractivity contribution in [1.29, 1.82) is 0 Å². The van der Waals surface area contributed by atoms with Gasteiger partial charge in [0.05, 0.1) is 18.7 Å². The highest BCUT2D eigenvalue weighted by molar-refractivity contribution is 5.86.